The molecule has 0 bridgehead atoms. The van der Waals surface area contributed by atoms with Gasteiger partial charge in [0.15, 0.2) is 0 Å². The number of morpholine rings is 1. The molecule has 0 amide bonds. The molecule has 1 spiro atoms. The Labute approximate surface area is 107 Å². The first kappa shape index (κ1) is 12.1. The molecule has 0 radical (unpaired) electrons. The van der Waals surface area contributed by atoms with Crippen LogP contribution in [0.1, 0.15) is 32.0 Å². The Kier molecular flexibility index (Phi) is 2.73. The van der Waals surface area contributed by atoms with E-state index < -0.39 is 0 Å². The Balaban J connectivity index is 1.91. The minimum absolute atomic E-state index is 0.119. The molecule has 2 aliphatic rings. The number of nitrogens with one attached hydrogen (secondary N) is 1. The molecule has 100 valence electrons. The molecule has 3 heterocycles. The van der Waals surface area contributed by atoms with Gasteiger partial charge in [0, 0.05) is 26.2 Å². The Hall–Kier alpha value is -0.910. The average molecular weight is 251 g/mol. The molecule has 0 aliphatic carbocycles. The van der Waals surface area contributed by atoms with Crippen molar-refractivity contribution in [3.8, 4) is 0 Å². The van der Waals surface area contributed by atoms with Crippen molar-refractivity contribution in [3.63, 3.8) is 0 Å². The molecule has 5 heteroatoms. The lowest BCUT2D eigenvalue weighted by Gasteiger charge is -2.40. The molecular formula is C13H21N3O2. The van der Waals surface area contributed by atoms with E-state index in [1.807, 2.05) is 17.9 Å². The highest BCUT2D eigenvalue weighted by atomic mass is 16.6. The maximum Gasteiger partial charge on any atom is 0.115 e. The van der Waals surface area contributed by atoms with Gasteiger partial charge in [-0.15, -0.1) is 0 Å². The number of rotatable bonds is 1. The van der Waals surface area contributed by atoms with E-state index in [2.05, 4.69) is 30.3 Å². The molecule has 2 saturated heterocycles. The smallest absolute Gasteiger partial charge is 0.115 e. The average Bonchev–Trinajstić information content (AvgIpc) is 2.85. The predicted molar refractivity (Wildman–Crippen MR) is 67.3 cm³/mol. The highest BCUT2D eigenvalue weighted by Gasteiger charge is 2.52. The molecular weight excluding hydrogens is 230 g/mol. The number of aromatic nitrogens is 2. The van der Waals surface area contributed by atoms with E-state index in [4.69, 9.17) is 9.47 Å². The van der Waals surface area contributed by atoms with Crippen molar-refractivity contribution in [1.29, 1.82) is 0 Å². The van der Waals surface area contributed by atoms with Gasteiger partial charge in [-0.05, 0) is 19.9 Å². The number of hydrogen-bond donors (Lipinski definition) is 1. The van der Waals surface area contributed by atoms with E-state index in [1.165, 1.54) is 0 Å². The third kappa shape index (κ3) is 1.96. The first-order chi connectivity index (χ1) is 8.51. The molecule has 1 aromatic heterocycles. The van der Waals surface area contributed by atoms with Gasteiger partial charge >= 0.3 is 0 Å². The van der Waals surface area contributed by atoms with Gasteiger partial charge in [0.05, 0.1) is 30.6 Å². The highest BCUT2D eigenvalue weighted by molar-refractivity contribution is 5.16. The van der Waals surface area contributed by atoms with Crippen LogP contribution < -0.4 is 5.32 Å². The first-order valence-corrected chi connectivity index (χ1v) is 6.52. The molecule has 2 fully saturated rings. The standard InChI is InChI=1S/C13H21N3O2/c1-12(2)8-13(9-18-12)11(14-5-7-17-13)10-4-6-16(3)15-10/h4,6,11,14H,5,7-9H2,1-3H3. The third-order valence-electron chi connectivity index (χ3n) is 3.83. The van der Waals surface area contributed by atoms with Crippen molar-refractivity contribution in [2.45, 2.75) is 37.5 Å². The zero-order valence-corrected chi connectivity index (χ0v) is 11.3. The summed E-state index contributed by atoms with van der Waals surface area (Å²) >= 11 is 0. The molecule has 2 aliphatic heterocycles. The largest absolute Gasteiger partial charge is 0.372 e. The topological polar surface area (TPSA) is 48.3 Å². The summed E-state index contributed by atoms with van der Waals surface area (Å²) in [6.07, 6.45) is 2.87. The van der Waals surface area contributed by atoms with Crippen molar-refractivity contribution in [2.75, 3.05) is 19.8 Å². The molecule has 0 saturated carbocycles. The van der Waals surface area contributed by atoms with E-state index in [-0.39, 0.29) is 17.2 Å². The van der Waals surface area contributed by atoms with E-state index in [0.29, 0.717) is 6.61 Å². The van der Waals surface area contributed by atoms with Gasteiger partial charge in [0.2, 0.25) is 0 Å². The van der Waals surface area contributed by atoms with Crippen LogP contribution in [-0.4, -0.2) is 40.7 Å². The van der Waals surface area contributed by atoms with Crippen molar-refractivity contribution < 1.29 is 9.47 Å². The summed E-state index contributed by atoms with van der Waals surface area (Å²) in [7, 11) is 1.94. The maximum atomic E-state index is 6.10. The van der Waals surface area contributed by atoms with Gasteiger partial charge in [-0.2, -0.15) is 5.10 Å². The second kappa shape index (κ2) is 4.05. The summed E-state index contributed by atoms with van der Waals surface area (Å²) in [6, 6.07) is 2.17. The first-order valence-electron chi connectivity index (χ1n) is 6.52. The minimum atomic E-state index is -0.268. The van der Waals surface area contributed by atoms with Crippen molar-refractivity contribution in [3.05, 3.63) is 18.0 Å². The van der Waals surface area contributed by atoms with E-state index in [1.54, 1.807) is 0 Å². The van der Waals surface area contributed by atoms with Gasteiger partial charge in [-0.3, -0.25) is 4.68 Å². The fourth-order valence-electron chi connectivity index (χ4n) is 3.11. The maximum absolute atomic E-state index is 6.10. The second-order valence-electron chi connectivity index (χ2n) is 5.94. The summed E-state index contributed by atoms with van der Waals surface area (Å²) in [5.74, 6) is 0. The van der Waals surface area contributed by atoms with Crippen LogP contribution in [0.2, 0.25) is 0 Å². The van der Waals surface area contributed by atoms with Crippen LogP contribution in [-0.2, 0) is 16.5 Å². The Morgan fingerprint density at radius 3 is 2.89 bits per heavy atom. The summed E-state index contributed by atoms with van der Waals surface area (Å²) < 4.78 is 13.8. The van der Waals surface area contributed by atoms with Gasteiger partial charge in [-0.1, -0.05) is 0 Å². The summed E-state index contributed by atoms with van der Waals surface area (Å²) in [5.41, 5.74) is 0.654. The van der Waals surface area contributed by atoms with Gasteiger partial charge in [-0.25, -0.2) is 0 Å². The fourth-order valence-corrected chi connectivity index (χ4v) is 3.11. The monoisotopic (exact) mass is 251 g/mol. The van der Waals surface area contributed by atoms with Crippen molar-refractivity contribution in [1.82, 2.24) is 15.1 Å². The van der Waals surface area contributed by atoms with Gasteiger partial charge < -0.3 is 14.8 Å². The van der Waals surface area contributed by atoms with Crippen LogP contribution in [0, 0.1) is 0 Å². The van der Waals surface area contributed by atoms with Gasteiger partial charge in [0.25, 0.3) is 0 Å². The normalized spacial score (nSPS) is 35.2. The quantitative estimate of drug-likeness (QED) is 0.809. The van der Waals surface area contributed by atoms with Gasteiger partial charge in [0.1, 0.15) is 5.60 Å². The van der Waals surface area contributed by atoms with Crippen LogP contribution >= 0.6 is 0 Å². The van der Waals surface area contributed by atoms with Crippen LogP contribution in [0.3, 0.4) is 0 Å². The van der Waals surface area contributed by atoms with E-state index in [0.717, 1.165) is 25.3 Å². The minimum Gasteiger partial charge on any atom is -0.372 e. The fraction of sp³-hybridized carbons (Fsp3) is 0.769. The van der Waals surface area contributed by atoms with Crippen LogP contribution in [0.4, 0.5) is 0 Å². The van der Waals surface area contributed by atoms with Crippen molar-refractivity contribution >= 4 is 0 Å². The molecule has 3 rings (SSSR count). The molecule has 1 N–H and O–H groups in total. The molecule has 2 atom stereocenters. The van der Waals surface area contributed by atoms with Crippen LogP contribution in [0.15, 0.2) is 12.3 Å². The lowest BCUT2D eigenvalue weighted by molar-refractivity contribution is -0.100. The molecule has 0 aromatic carbocycles. The lowest BCUT2D eigenvalue weighted by Crippen LogP contribution is -2.53. The molecule has 18 heavy (non-hydrogen) atoms. The Morgan fingerprint density at radius 1 is 1.44 bits per heavy atom. The predicted octanol–water partition coefficient (Wildman–Crippen LogP) is 1.02. The summed E-state index contributed by atoms with van der Waals surface area (Å²) in [6.45, 7) is 6.48. The van der Waals surface area contributed by atoms with E-state index >= 15 is 0 Å². The summed E-state index contributed by atoms with van der Waals surface area (Å²) in [5, 5.41) is 8.06. The van der Waals surface area contributed by atoms with Crippen LogP contribution in [0.25, 0.3) is 0 Å². The Morgan fingerprint density at radius 2 is 2.28 bits per heavy atom. The Bertz CT molecular complexity index is 443. The van der Waals surface area contributed by atoms with Crippen molar-refractivity contribution in [2.24, 2.45) is 7.05 Å². The van der Waals surface area contributed by atoms with Crippen LogP contribution in [0.5, 0.6) is 0 Å². The molecule has 1 aromatic rings. The number of aryl methyl sites for hydroxylation is 1. The second-order valence-corrected chi connectivity index (χ2v) is 5.94. The summed E-state index contributed by atoms with van der Waals surface area (Å²) in [4.78, 5) is 0. The number of hydrogen-bond acceptors (Lipinski definition) is 4. The SMILES string of the molecule is Cn1ccc(C2NCCOC23COC(C)(C)C3)n1. The van der Waals surface area contributed by atoms with E-state index in [9.17, 15) is 0 Å². The highest BCUT2D eigenvalue weighted by Crippen LogP contribution is 2.44. The molecule has 2 unspecified atom stereocenters. The zero-order valence-electron chi connectivity index (χ0n) is 11.3. The lowest BCUT2D eigenvalue weighted by atomic mass is 9.84. The molecule has 5 nitrogen and oxygen atoms in total. The third-order valence-corrected chi connectivity index (χ3v) is 3.83. The zero-order chi connectivity index (χ0) is 12.8. The number of nitrogens with zero attached hydrogens (tertiary/aromatic N) is 2. The number of ether oxygens (including phenoxy) is 2.